The van der Waals surface area contributed by atoms with E-state index >= 15 is 0 Å². The van der Waals surface area contributed by atoms with Crippen LogP contribution in [0.1, 0.15) is 19.4 Å². The smallest absolute Gasteiger partial charge is 0.313 e. The number of aromatic nitrogens is 1. The molecule has 0 fully saturated rings. The van der Waals surface area contributed by atoms with Gasteiger partial charge in [-0.1, -0.05) is 18.2 Å². The van der Waals surface area contributed by atoms with Gasteiger partial charge in [0.25, 0.3) is 0 Å². The van der Waals surface area contributed by atoms with Crippen molar-refractivity contribution < 1.29 is 9.90 Å². The summed E-state index contributed by atoms with van der Waals surface area (Å²) in [5.74, 6) is -0.843. The molecule has 0 aliphatic carbocycles. The normalized spacial score (nSPS) is 11.6. The lowest BCUT2D eigenvalue weighted by Gasteiger charge is -2.19. The number of aliphatic carboxylic acids is 1. The summed E-state index contributed by atoms with van der Waals surface area (Å²) in [4.78, 5) is 15.4. The third-order valence-corrected chi connectivity index (χ3v) is 2.85. The summed E-state index contributed by atoms with van der Waals surface area (Å²) in [6.07, 6.45) is 1.64. The van der Waals surface area contributed by atoms with Gasteiger partial charge >= 0.3 is 5.97 Å². The van der Waals surface area contributed by atoms with Crippen LogP contribution in [0.2, 0.25) is 0 Å². The lowest BCUT2D eigenvalue weighted by molar-refractivity contribution is -0.142. The van der Waals surface area contributed by atoms with Crippen LogP contribution < -0.4 is 0 Å². The van der Waals surface area contributed by atoms with Gasteiger partial charge in [0.05, 0.1) is 10.9 Å². The van der Waals surface area contributed by atoms with E-state index in [2.05, 4.69) is 4.98 Å². The maximum absolute atomic E-state index is 11.1. The Morgan fingerprint density at radius 2 is 2.00 bits per heavy atom. The molecular formula is C13H13NO2. The zero-order chi connectivity index (χ0) is 11.8. The minimum atomic E-state index is -0.906. The van der Waals surface area contributed by atoms with Crippen LogP contribution in [0, 0.1) is 0 Å². The third-order valence-electron chi connectivity index (χ3n) is 2.85. The highest BCUT2D eigenvalue weighted by molar-refractivity contribution is 5.84. The molecule has 0 atom stereocenters. The van der Waals surface area contributed by atoms with Crippen molar-refractivity contribution >= 4 is 16.9 Å². The number of pyridine rings is 1. The van der Waals surface area contributed by atoms with Gasteiger partial charge in [-0.3, -0.25) is 9.78 Å². The van der Waals surface area contributed by atoms with Crippen molar-refractivity contribution in [2.24, 2.45) is 0 Å². The van der Waals surface area contributed by atoms with Gasteiger partial charge in [0, 0.05) is 11.6 Å². The molecule has 3 nitrogen and oxygen atoms in total. The zero-order valence-electron chi connectivity index (χ0n) is 9.27. The average molecular weight is 215 g/mol. The van der Waals surface area contributed by atoms with Crippen LogP contribution in [0.3, 0.4) is 0 Å². The van der Waals surface area contributed by atoms with E-state index in [9.17, 15) is 4.79 Å². The minimum absolute atomic E-state index is 0.721. The average Bonchev–Trinajstić information content (AvgIpc) is 2.28. The van der Waals surface area contributed by atoms with E-state index in [1.54, 1.807) is 20.0 Å². The molecule has 2 rings (SSSR count). The Balaban J connectivity index is 2.59. The zero-order valence-corrected chi connectivity index (χ0v) is 9.27. The molecule has 0 saturated heterocycles. The first-order valence-corrected chi connectivity index (χ1v) is 5.10. The monoisotopic (exact) mass is 215 g/mol. The first-order valence-electron chi connectivity index (χ1n) is 5.10. The Hall–Kier alpha value is -1.90. The Kier molecular flexibility index (Phi) is 2.38. The Morgan fingerprint density at radius 3 is 2.69 bits per heavy atom. The SMILES string of the molecule is CC(C)(C(=O)O)c1cnc2ccccc2c1. The predicted molar refractivity (Wildman–Crippen MR) is 62.4 cm³/mol. The van der Waals surface area contributed by atoms with Gasteiger partial charge in [-0.2, -0.15) is 0 Å². The van der Waals surface area contributed by atoms with Gasteiger partial charge in [0.2, 0.25) is 0 Å². The molecule has 1 heterocycles. The number of carboxylic acid groups (broad SMARTS) is 1. The molecule has 0 bridgehead atoms. The van der Waals surface area contributed by atoms with Crippen molar-refractivity contribution in [2.45, 2.75) is 19.3 Å². The standard InChI is InChI=1S/C13H13NO2/c1-13(2,12(15)16)10-7-9-5-3-4-6-11(9)14-8-10/h3-8H,1-2H3,(H,15,16). The Bertz CT molecular complexity index is 546. The molecule has 0 aliphatic heterocycles. The van der Waals surface area contributed by atoms with E-state index in [-0.39, 0.29) is 0 Å². The number of para-hydroxylation sites is 1. The number of benzene rings is 1. The summed E-state index contributed by atoms with van der Waals surface area (Å²) >= 11 is 0. The highest BCUT2D eigenvalue weighted by atomic mass is 16.4. The highest BCUT2D eigenvalue weighted by Crippen LogP contribution is 2.25. The van der Waals surface area contributed by atoms with E-state index < -0.39 is 11.4 Å². The van der Waals surface area contributed by atoms with E-state index in [1.807, 2.05) is 30.3 Å². The van der Waals surface area contributed by atoms with E-state index in [0.29, 0.717) is 0 Å². The van der Waals surface area contributed by atoms with Crippen LogP contribution >= 0.6 is 0 Å². The number of fused-ring (bicyclic) bond motifs is 1. The number of carbonyl (C=O) groups is 1. The van der Waals surface area contributed by atoms with Gasteiger partial charge < -0.3 is 5.11 Å². The van der Waals surface area contributed by atoms with Gasteiger partial charge in [-0.25, -0.2) is 0 Å². The van der Waals surface area contributed by atoms with E-state index in [0.717, 1.165) is 16.5 Å². The number of rotatable bonds is 2. The third kappa shape index (κ3) is 1.65. The molecule has 1 aromatic carbocycles. The van der Waals surface area contributed by atoms with Crippen molar-refractivity contribution in [3.63, 3.8) is 0 Å². The fraction of sp³-hybridized carbons (Fsp3) is 0.231. The summed E-state index contributed by atoms with van der Waals surface area (Å²) < 4.78 is 0. The van der Waals surface area contributed by atoms with Gasteiger partial charge in [0.15, 0.2) is 0 Å². The molecule has 3 heteroatoms. The first-order chi connectivity index (χ1) is 7.51. The molecule has 0 amide bonds. The molecule has 1 aromatic heterocycles. The Labute approximate surface area is 93.7 Å². The molecule has 16 heavy (non-hydrogen) atoms. The van der Waals surface area contributed by atoms with Crippen LogP contribution in [0.15, 0.2) is 36.5 Å². The maximum atomic E-state index is 11.1. The molecule has 2 aromatic rings. The van der Waals surface area contributed by atoms with E-state index in [1.165, 1.54) is 0 Å². The van der Waals surface area contributed by atoms with Crippen molar-refractivity contribution in [2.75, 3.05) is 0 Å². The molecule has 82 valence electrons. The van der Waals surface area contributed by atoms with Crippen LogP contribution in [-0.2, 0) is 10.2 Å². The van der Waals surface area contributed by atoms with Gasteiger partial charge in [-0.15, -0.1) is 0 Å². The van der Waals surface area contributed by atoms with Gasteiger partial charge in [0.1, 0.15) is 0 Å². The lowest BCUT2D eigenvalue weighted by atomic mass is 9.85. The molecule has 0 spiro atoms. The van der Waals surface area contributed by atoms with Gasteiger partial charge in [-0.05, 0) is 31.5 Å². The van der Waals surface area contributed by atoms with Crippen molar-refractivity contribution in [3.8, 4) is 0 Å². The summed E-state index contributed by atoms with van der Waals surface area (Å²) in [5, 5.41) is 10.1. The summed E-state index contributed by atoms with van der Waals surface area (Å²) in [6, 6.07) is 9.56. The summed E-state index contributed by atoms with van der Waals surface area (Å²) in [5.41, 5.74) is 0.697. The van der Waals surface area contributed by atoms with Crippen LogP contribution in [0.4, 0.5) is 0 Å². The quantitative estimate of drug-likeness (QED) is 0.837. The molecule has 0 saturated carbocycles. The fourth-order valence-corrected chi connectivity index (χ4v) is 1.54. The van der Waals surface area contributed by atoms with Crippen LogP contribution in [0.5, 0.6) is 0 Å². The number of hydrogen-bond donors (Lipinski definition) is 1. The number of nitrogens with zero attached hydrogens (tertiary/aromatic N) is 1. The molecule has 1 N–H and O–H groups in total. The summed E-state index contributed by atoms with van der Waals surface area (Å²) in [6.45, 7) is 3.36. The Morgan fingerprint density at radius 1 is 1.31 bits per heavy atom. The lowest BCUT2D eigenvalue weighted by Crippen LogP contribution is -2.28. The number of carboxylic acids is 1. The van der Waals surface area contributed by atoms with Crippen molar-refractivity contribution in [1.82, 2.24) is 4.98 Å². The van der Waals surface area contributed by atoms with Crippen molar-refractivity contribution in [1.29, 1.82) is 0 Å². The molecule has 0 unspecified atom stereocenters. The molecule has 0 aliphatic rings. The second-order valence-electron chi connectivity index (χ2n) is 4.35. The second-order valence-corrected chi connectivity index (χ2v) is 4.35. The summed E-state index contributed by atoms with van der Waals surface area (Å²) in [7, 11) is 0. The van der Waals surface area contributed by atoms with Crippen LogP contribution in [-0.4, -0.2) is 16.1 Å². The van der Waals surface area contributed by atoms with Crippen molar-refractivity contribution in [3.05, 3.63) is 42.1 Å². The first kappa shape index (κ1) is 10.6. The van der Waals surface area contributed by atoms with E-state index in [4.69, 9.17) is 5.11 Å². The van der Waals surface area contributed by atoms with Crippen LogP contribution in [0.25, 0.3) is 10.9 Å². The molecule has 0 radical (unpaired) electrons. The fourth-order valence-electron chi connectivity index (χ4n) is 1.54. The topological polar surface area (TPSA) is 50.2 Å². The highest BCUT2D eigenvalue weighted by Gasteiger charge is 2.29. The largest absolute Gasteiger partial charge is 0.481 e. The molecular weight excluding hydrogens is 202 g/mol. The maximum Gasteiger partial charge on any atom is 0.313 e. The number of hydrogen-bond acceptors (Lipinski definition) is 2. The second kappa shape index (κ2) is 3.59. The predicted octanol–water partition coefficient (Wildman–Crippen LogP) is 2.60. The minimum Gasteiger partial charge on any atom is -0.481 e.